The Labute approximate surface area is 92.9 Å². The van der Waals surface area contributed by atoms with E-state index in [0.717, 1.165) is 5.56 Å². The van der Waals surface area contributed by atoms with Gasteiger partial charge in [0.25, 0.3) is 0 Å². The van der Waals surface area contributed by atoms with E-state index in [2.05, 4.69) is 0 Å². The van der Waals surface area contributed by atoms with E-state index < -0.39 is 18.2 Å². The van der Waals surface area contributed by atoms with Gasteiger partial charge in [-0.05, 0) is 17.7 Å². The second-order valence-corrected chi connectivity index (χ2v) is 3.72. The average Bonchev–Trinajstić information content (AvgIpc) is 2.26. The van der Waals surface area contributed by atoms with Crippen molar-refractivity contribution in [1.82, 2.24) is 4.90 Å². The molecular weight excluding hydrogens is 210 g/mol. The largest absolute Gasteiger partial charge is 0.497 e. The van der Waals surface area contributed by atoms with E-state index in [1.54, 1.807) is 31.4 Å². The van der Waals surface area contributed by atoms with Crippen LogP contribution in [0.25, 0.3) is 0 Å². The van der Waals surface area contributed by atoms with Crippen molar-refractivity contribution >= 4 is 6.09 Å². The lowest BCUT2D eigenvalue weighted by Crippen LogP contribution is -2.55. The number of amides is 1. The number of β-amino-alcohol motifs (C(OH)–C–C–N with tert-alkyl or cyclic N) is 1. The second kappa shape index (κ2) is 4.02. The molecule has 1 aromatic carbocycles. The molecule has 1 aliphatic rings. The molecule has 1 aromatic rings. The van der Waals surface area contributed by atoms with Crippen LogP contribution in [-0.4, -0.2) is 41.0 Å². The second-order valence-electron chi connectivity index (χ2n) is 3.72. The number of aliphatic hydroxyl groups is 1. The van der Waals surface area contributed by atoms with Crippen LogP contribution in [0.3, 0.4) is 0 Å². The Morgan fingerprint density at radius 2 is 2.06 bits per heavy atom. The predicted octanol–water partition coefficient (Wildman–Crippen LogP) is 1.09. The van der Waals surface area contributed by atoms with Crippen LogP contribution in [0.1, 0.15) is 11.6 Å². The molecule has 5 nitrogen and oxygen atoms in total. The van der Waals surface area contributed by atoms with E-state index in [1.165, 1.54) is 4.90 Å². The first-order chi connectivity index (χ1) is 7.63. The summed E-state index contributed by atoms with van der Waals surface area (Å²) in [5.41, 5.74) is 0.780. The number of carboxylic acid groups (broad SMARTS) is 1. The van der Waals surface area contributed by atoms with Gasteiger partial charge in [0.2, 0.25) is 0 Å². The number of aliphatic hydroxyl groups excluding tert-OH is 1. The number of ether oxygens (including phenoxy) is 1. The number of benzene rings is 1. The quantitative estimate of drug-likeness (QED) is 0.787. The Hall–Kier alpha value is -1.75. The van der Waals surface area contributed by atoms with Crippen LogP contribution in [0.4, 0.5) is 4.79 Å². The summed E-state index contributed by atoms with van der Waals surface area (Å²) >= 11 is 0. The average molecular weight is 223 g/mol. The van der Waals surface area contributed by atoms with Gasteiger partial charge < -0.3 is 14.9 Å². The highest BCUT2D eigenvalue weighted by atomic mass is 16.5. The molecule has 0 spiro atoms. The van der Waals surface area contributed by atoms with Crippen molar-refractivity contribution in [2.45, 2.75) is 12.1 Å². The van der Waals surface area contributed by atoms with Crippen LogP contribution in [0.5, 0.6) is 5.75 Å². The normalized spacial score (nSPS) is 23.8. The number of methoxy groups -OCH3 is 1. The molecular formula is C11H13NO4. The van der Waals surface area contributed by atoms with Crippen LogP contribution in [0, 0.1) is 0 Å². The van der Waals surface area contributed by atoms with Gasteiger partial charge in [0.15, 0.2) is 0 Å². The van der Waals surface area contributed by atoms with Crippen molar-refractivity contribution in [3.05, 3.63) is 29.8 Å². The first kappa shape index (κ1) is 10.8. The third-order valence-corrected chi connectivity index (χ3v) is 2.79. The van der Waals surface area contributed by atoms with Crippen LogP contribution in [0.2, 0.25) is 0 Å². The van der Waals surface area contributed by atoms with Crippen LogP contribution >= 0.6 is 0 Å². The first-order valence-corrected chi connectivity index (χ1v) is 4.95. The Morgan fingerprint density at radius 3 is 2.50 bits per heavy atom. The molecule has 1 amide bonds. The van der Waals surface area contributed by atoms with E-state index in [9.17, 15) is 9.90 Å². The lowest BCUT2D eigenvalue weighted by atomic mass is 9.92. The molecule has 2 N–H and O–H groups in total. The summed E-state index contributed by atoms with van der Waals surface area (Å²) in [7, 11) is 1.57. The number of hydrogen-bond donors (Lipinski definition) is 2. The van der Waals surface area contributed by atoms with Gasteiger partial charge in [-0.15, -0.1) is 0 Å². The minimum absolute atomic E-state index is 0.173. The van der Waals surface area contributed by atoms with Crippen LogP contribution in [-0.2, 0) is 0 Å². The van der Waals surface area contributed by atoms with Crippen molar-refractivity contribution in [1.29, 1.82) is 0 Å². The summed E-state index contributed by atoms with van der Waals surface area (Å²) in [6.07, 6.45) is -1.63. The first-order valence-electron chi connectivity index (χ1n) is 4.95. The zero-order valence-electron chi connectivity index (χ0n) is 8.83. The van der Waals surface area contributed by atoms with E-state index in [0.29, 0.717) is 5.75 Å². The summed E-state index contributed by atoms with van der Waals surface area (Å²) in [4.78, 5) is 12.0. The van der Waals surface area contributed by atoms with Gasteiger partial charge in [-0.1, -0.05) is 12.1 Å². The number of rotatable bonds is 2. The van der Waals surface area contributed by atoms with Crippen molar-refractivity contribution in [3.8, 4) is 5.75 Å². The van der Waals surface area contributed by atoms with Gasteiger partial charge in [-0.25, -0.2) is 4.79 Å². The van der Waals surface area contributed by atoms with Crippen molar-refractivity contribution < 1.29 is 19.7 Å². The highest BCUT2D eigenvalue weighted by Crippen LogP contribution is 2.34. The Balaban J connectivity index is 2.19. The smallest absolute Gasteiger partial charge is 0.407 e. The van der Waals surface area contributed by atoms with Crippen molar-refractivity contribution in [2.75, 3.05) is 13.7 Å². The maximum absolute atomic E-state index is 10.8. The monoisotopic (exact) mass is 223 g/mol. The number of likely N-dealkylation sites (tertiary alicyclic amines) is 1. The zero-order chi connectivity index (χ0) is 11.7. The number of hydrogen-bond acceptors (Lipinski definition) is 3. The molecule has 2 rings (SSSR count). The van der Waals surface area contributed by atoms with E-state index in [1.807, 2.05) is 0 Å². The van der Waals surface area contributed by atoms with Gasteiger partial charge >= 0.3 is 6.09 Å². The molecule has 1 aliphatic heterocycles. The molecule has 2 unspecified atom stereocenters. The van der Waals surface area contributed by atoms with Gasteiger partial charge in [-0.3, -0.25) is 4.90 Å². The Kier molecular flexibility index (Phi) is 2.70. The molecule has 0 aromatic heterocycles. The summed E-state index contributed by atoms with van der Waals surface area (Å²) in [5.74, 6) is 0.708. The minimum atomic E-state index is -1.01. The predicted molar refractivity (Wildman–Crippen MR) is 56.5 cm³/mol. The third-order valence-electron chi connectivity index (χ3n) is 2.79. The summed E-state index contributed by atoms with van der Waals surface area (Å²) in [5, 5.41) is 18.4. The lowest BCUT2D eigenvalue weighted by Gasteiger charge is -2.43. The third kappa shape index (κ3) is 1.69. The SMILES string of the molecule is COc1ccc(C2C(O)CN2C(=O)O)cc1. The van der Waals surface area contributed by atoms with E-state index in [-0.39, 0.29) is 6.54 Å². The van der Waals surface area contributed by atoms with Crippen LogP contribution in [0.15, 0.2) is 24.3 Å². The fraction of sp³-hybridized carbons (Fsp3) is 0.364. The molecule has 86 valence electrons. The van der Waals surface area contributed by atoms with E-state index >= 15 is 0 Å². The van der Waals surface area contributed by atoms with Gasteiger partial charge in [0, 0.05) is 0 Å². The summed E-state index contributed by atoms with van der Waals surface area (Å²) in [6.45, 7) is 0.173. The minimum Gasteiger partial charge on any atom is -0.497 e. The molecule has 5 heteroatoms. The fourth-order valence-corrected chi connectivity index (χ4v) is 1.88. The molecule has 0 saturated carbocycles. The van der Waals surface area contributed by atoms with E-state index in [4.69, 9.17) is 9.84 Å². The highest BCUT2D eigenvalue weighted by Gasteiger charge is 2.41. The standard InChI is InChI=1S/C11H13NO4/c1-16-8-4-2-7(3-5-8)10-9(13)6-12(10)11(14)15/h2-5,9-10,13H,6H2,1H3,(H,14,15). The molecule has 0 aliphatic carbocycles. The zero-order valence-corrected chi connectivity index (χ0v) is 8.83. The fourth-order valence-electron chi connectivity index (χ4n) is 1.88. The number of carbonyl (C=O) groups is 1. The highest BCUT2D eigenvalue weighted by molar-refractivity contribution is 5.67. The van der Waals surface area contributed by atoms with Crippen molar-refractivity contribution in [2.24, 2.45) is 0 Å². The molecule has 1 saturated heterocycles. The molecule has 0 radical (unpaired) electrons. The van der Waals surface area contributed by atoms with Gasteiger partial charge in [0.05, 0.1) is 25.8 Å². The summed E-state index contributed by atoms with van der Waals surface area (Å²) in [6, 6.07) is 6.58. The molecule has 1 heterocycles. The Bertz CT molecular complexity index is 389. The number of nitrogens with zero attached hydrogens (tertiary/aromatic N) is 1. The molecule has 1 fully saturated rings. The lowest BCUT2D eigenvalue weighted by molar-refractivity contribution is -0.0480. The van der Waals surface area contributed by atoms with Crippen molar-refractivity contribution in [3.63, 3.8) is 0 Å². The molecule has 0 bridgehead atoms. The van der Waals surface area contributed by atoms with Crippen LogP contribution < -0.4 is 4.74 Å². The maximum Gasteiger partial charge on any atom is 0.407 e. The Morgan fingerprint density at radius 1 is 1.44 bits per heavy atom. The summed E-state index contributed by atoms with van der Waals surface area (Å²) < 4.78 is 5.01. The molecule has 16 heavy (non-hydrogen) atoms. The molecule has 2 atom stereocenters. The van der Waals surface area contributed by atoms with Gasteiger partial charge in [-0.2, -0.15) is 0 Å². The van der Waals surface area contributed by atoms with Gasteiger partial charge in [0.1, 0.15) is 5.75 Å². The maximum atomic E-state index is 10.8. The topological polar surface area (TPSA) is 70.0 Å².